The molecule has 2 N–H and O–H groups in total. The minimum atomic E-state index is -4.70. The van der Waals surface area contributed by atoms with Crippen LogP contribution in [0.5, 0.6) is 5.75 Å². The molecule has 0 heterocycles. The lowest BCUT2D eigenvalue weighted by molar-refractivity contribution is -0.136. The van der Waals surface area contributed by atoms with Crippen molar-refractivity contribution in [3.05, 3.63) is 48.0 Å². The number of nitrogens with zero attached hydrogens (tertiary/aromatic N) is 1. The number of phenols is 1. The van der Waals surface area contributed by atoms with E-state index in [2.05, 4.69) is 5.11 Å². The number of rotatable bonds is 2. The molecular formula is C13H9F3N2O. The van der Waals surface area contributed by atoms with E-state index in [0.717, 1.165) is 6.07 Å². The molecule has 3 nitrogen and oxygen atoms in total. The van der Waals surface area contributed by atoms with Gasteiger partial charge >= 0.3 is 6.18 Å². The zero-order chi connectivity index (χ0) is 14.0. The van der Waals surface area contributed by atoms with Gasteiger partial charge in [0.15, 0.2) is 0 Å². The fourth-order valence-corrected chi connectivity index (χ4v) is 1.84. The van der Waals surface area contributed by atoms with Crippen LogP contribution in [-0.4, -0.2) is 5.11 Å². The van der Waals surface area contributed by atoms with Crippen LogP contribution in [0.25, 0.3) is 11.1 Å². The Kier molecular flexibility index (Phi) is 3.25. The van der Waals surface area contributed by atoms with Crippen LogP contribution in [0.15, 0.2) is 47.6 Å². The van der Waals surface area contributed by atoms with Crippen molar-refractivity contribution in [2.45, 2.75) is 6.18 Å². The van der Waals surface area contributed by atoms with Gasteiger partial charge in [-0.05, 0) is 23.3 Å². The average molecular weight is 266 g/mol. The first-order valence-electron chi connectivity index (χ1n) is 5.31. The molecule has 0 amide bonds. The summed E-state index contributed by atoms with van der Waals surface area (Å²) in [6.07, 6.45) is -4.70. The lowest BCUT2D eigenvalue weighted by Gasteiger charge is -2.15. The Hall–Kier alpha value is -2.37. The molecule has 0 saturated carbocycles. The van der Waals surface area contributed by atoms with Crippen molar-refractivity contribution in [2.24, 2.45) is 5.11 Å². The van der Waals surface area contributed by atoms with Gasteiger partial charge in [-0.2, -0.15) is 18.3 Å². The summed E-state index contributed by atoms with van der Waals surface area (Å²) in [5.74, 6) is -0.665. The Morgan fingerprint density at radius 2 is 1.63 bits per heavy atom. The van der Waals surface area contributed by atoms with Crippen molar-refractivity contribution in [2.75, 3.05) is 0 Å². The van der Waals surface area contributed by atoms with Crippen LogP contribution < -0.4 is 0 Å². The number of nitrogens with one attached hydrogen (secondary N) is 1. The monoisotopic (exact) mass is 266 g/mol. The van der Waals surface area contributed by atoms with E-state index >= 15 is 0 Å². The molecule has 6 heteroatoms. The van der Waals surface area contributed by atoms with Crippen LogP contribution in [0.4, 0.5) is 18.9 Å². The number of alkyl halides is 3. The smallest absolute Gasteiger partial charge is 0.419 e. The highest BCUT2D eigenvalue weighted by atomic mass is 19.4. The molecule has 0 aromatic heterocycles. The quantitative estimate of drug-likeness (QED) is 0.758. The SMILES string of the molecule is N=Nc1c(O)ccc(-c2ccccc2)c1C(F)(F)F. The van der Waals surface area contributed by atoms with Gasteiger partial charge in [0.2, 0.25) is 0 Å². The van der Waals surface area contributed by atoms with Crippen LogP contribution in [0.2, 0.25) is 0 Å². The summed E-state index contributed by atoms with van der Waals surface area (Å²) < 4.78 is 39.3. The average Bonchev–Trinajstić information content (AvgIpc) is 2.38. The molecule has 0 bridgehead atoms. The maximum absolute atomic E-state index is 13.1. The van der Waals surface area contributed by atoms with E-state index in [1.807, 2.05) is 0 Å². The van der Waals surface area contributed by atoms with Crippen molar-refractivity contribution in [3.8, 4) is 16.9 Å². The number of benzene rings is 2. The summed E-state index contributed by atoms with van der Waals surface area (Å²) in [4.78, 5) is 0. The van der Waals surface area contributed by atoms with Gasteiger partial charge in [-0.25, -0.2) is 5.53 Å². The van der Waals surface area contributed by atoms with Gasteiger partial charge < -0.3 is 5.11 Å². The minimum Gasteiger partial charge on any atom is -0.506 e. The normalized spacial score (nSPS) is 11.3. The Morgan fingerprint density at radius 3 is 2.16 bits per heavy atom. The first kappa shape index (κ1) is 13.1. The van der Waals surface area contributed by atoms with E-state index < -0.39 is 23.2 Å². The molecule has 0 saturated heterocycles. The first-order chi connectivity index (χ1) is 8.95. The van der Waals surface area contributed by atoms with Crippen molar-refractivity contribution in [3.63, 3.8) is 0 Å². The van der Waals surface area contributed by atoms with Crippen LogP contribution in [0.3, 0.4) is 0 Å². The fourth-order valence-electron chi connectivity index (χ4n) is 1.84. The lowest BCUT2D eigenvalue weighted by Crippen LogP contribution is -2.07. The van der Waals surface area contributed by atoms with Crippen molar-refractivity contribution >= 4 is 5.69 Å². The number of aromatic hydroxyl groups is 1. The maximum Gasteiger partial charge on any atom is 0.419 e. The molecule has 0 spiro atoms. The van der Waals surface area contributed by atoms with E-state index in [0.29, 0.717) is 5.56 Å². The second-order valence-corrected chi connectivity index (χ2v) is 3.83. The summed E-state index contributed by atoms with van der Waals surface area (Å²) in [5.41, 5.74) is 5.19. The molecular weight excluding hydrogens is 257 g/mol. The zero-order valence-corrected chi connectivity index (χ0v) is 9.57. The van der Waals surface area contributed by atoms with Gasteiger partial charge in [0.25, 0.3) is 0 Å². The van der Waals surface area contributed by atoms with E-state index in [9.17, 15) is 18.3 Å². The van der Waals surface area contributed by atoms with E-state index in [1.165, 1.54) is 18.2 Å². The van der Waals surface area contributed by atoms with Gasteiger partial charge in [0.1, 0.15) is 11.4 Å². The Bertz CT molecular complexity index is 609. The predicted octanol–water partition coefficient (Wildman–Crippen LogP) is 4.74. The van der Waals surface area contributed by atoms with Gasteiger partial charge in [0.05, 0.1) is 5.56 Å². The molecule has 2 aromatic carbocycles. The highest BCUT2D eigenvalue weighted by molar-refractivity contribution is 5.76. The van der Waals surface area contributed by atoms with Gasteiger partial charge in [0, 0.05) is 0 Å². The molecule has 98 valence electrons. The van der Waals surface area contributed by atoms with E-state index in [-0.39, 0.29) is 5.56 Å². The predicted molar refractivity (Wildman–Crippen MR) is 63.4 cm³/mol. The standard InChI is InChI=1S/C13H9F3N2O/c14-13(15,16)11-9(8-4-2-1-3-5-8)6-7-10(19)12(11)18-17/h1-7,17,19H. The number of hydrogen-bond donors (Lipinski definition) is 2. The van der Waals surface area contributed by atoms with Crippen LogP contribution in [0.1, 0.15) is 5.56 Å². The Labute approximate surface area is 106 Å². The fraction of sp³-hybridized carbons (Fsp3) is 0.0769. The highest BCUT2D eigenvalue weighted by Gasteiger charge is 2.38. The van der Waals surface area contributed by atoms with Gasteiger partial charge in [-0.15, -0.1) is 0 Å². The molecule has 2 aromatic rings. The molecule has 0 atom stereocenters. The molecule has 0 radical (unpaired) electrons. The molecule has 0 aliphatic heterocycles. The second-order valence-electron chi connectivity index (χ2n) is 3.83. The van der Waals surface area contributed by atoms with E-state index in [1.54, 1.807) is 18.2 Å². The van der Waals surface area contributed by atoms with E-state index in [4.69, 9.17) is 5.53 Å². The zero-order valence-electron chi connectivity index (χ0n) is 9.57. The highest BCUT2D eigenvalue weighted by Crippen LogP contribution is 2.46. The van der Waals surface area contributed by atoms with Crippen molar-refractivity contribution in [1.29, 1.82) is 5.53 Å². The van der Waals surface area contributed by atoms with Crippen molar-refractivity contribution < 1.29 is 18.3 Å². The van der Waals surface area contributed by atoms with Gasteiger partial charge in [-0.3, -0.25) is 0 Å². The second kappa shape index (κ2) is 4.72. The molecule has 0 unspecified atom stereocenters. The topological polar surface area (TPSA) is 56.4 Å². The number of hydrogen-bond acceptors (Lipinski definition) is 3. The molecule has 0 aliphatic carbocycles. The summed E-state index contributed by atoms with van der Waals surface area (Å²) in [6, 6.07) is 10.2. The number of halogens is 3. The largest absolute Gasteiger partial charge is 0.506 e. The third kappa shape index (κ3) is 2.42. The molecule has 0 aliphatic rings. The minimum absolute atomic E-state index is 0.114. The summed E-state index contributed by atoms with van der Waals surface area (Å²) in [5, 5.41) is 12.2. The Morgan fingerprint density at radius 1 is 1.00 bits per heavy atom. The number of phenolic OH excluding ortho intramolecular Hbond substituents is 1. The lowest BCUT2D eigenvalue weighted by atomic mass is 9.97. The summed E-state index contributed by atoms with van der Waals surface area (Å²) >= 11 is 0. The Balaban J connectivity index is 2.79. The molecule has 0 fully saturated rings. The van der Waals surface area contributed by atoms with Gasteiger partial charge in [-0.1, -0.05) is 30.3 Å². The van der Waals surface area contributed by atoms with Crippen molar-refractivity contribution in [1.82, 2.24) is 0 Å². The van der Waals surface area contributed by atoms with Crippen LogP contribution in [0, 0.1) is 5.53 Å². The first-order valence-corrected chi connectivity index (χ1v) is 5.31. The third-order valence-electron chi connectivity index (χ3n) is 2.64. The third-order valence-corrected chi connectivity index (χ3v) is 2.64. The molecule has 19 heavy (non-hydrogen) atoms. The summed E-state index contributed by atoms with van der Waals surface area (Å²) in [7, 11) is 0. The van der Waals surface area contributed by atoms with Crippen LogP contribution >= 0.6 is 0 Å². The van der Waals surface area contributed by atoms with Crippen LogP contribution in [-0.2, 0) is 6.18 Å². The molecule has 2 rings (SSSR count). The maximum atomic E-state index is 13.1. The summed E-state index contributed by atoms with van der Waals surface area (Å²) in [6.45, 7) is 0.